The van der Waals surface area contributed by atoms with Crippen LogP contribution < -0.4 is 0 Å². The van der Waals surface area contributed by atoms with E-state index in [0.717, 1.165) is 16.5 Å². The summed E-state index contributed by atoms with van der Waals surface area (Å²) < 4.78 is 18.7. The van der Waals surface area contributed by atoms with Gasteiger partial charge in [-0.25, -0.2) is 4.39 Å². The first-order valence-electron chi connectivity index (χ1n) is 8.61. The maximum atomic E-state index is 13.3. The molecule has 0 bridgehead atoms. The van der Waals surface area contributed by atoms with E-state index < -0.39 is 12.1 Å². The molecule has 0 radical (unpaired) electrons. The maximum absolute atomic E-state index is 13.3. The summed E-state index contributed by atoms with van der Waals surface area (Å²) in [5, 5.41) is 0.810. The van der Waals surface area contributed by atoms with Crippen molar-refractivity contribution in [3.63, 3.8) is 0 Å². The number of rotatable bonds is 5. The third kappa shape index (κ3) is 3.01. The van der Waals surface area contributed by atoms with Gasteiger partial charge in [-0.05, 0) is 43.0 Å². The Labute approximate surface area is 150 Å². The summed E-state index contributed by atoms with van der Waals surface area (Å²) >= 11 is 0. The number of aromatic amines is 1. The molecule has 1 aromatic heterocycles. The number of halogens is 1. The molecule has 26 heavy (non-hydrogen) atoms. The molecule has 1 N–H and O–H groups in total. The van der Waals surface area contributed by atoms with Crippen molar-refractivity contribution in [2.24, 2.45) is 5.92 Å². The number of ether oxygens (including phenoxy) is 1. The number of benzene rings is 2. The van der Waals surface area contributed by atoms with Crippen LogP contribution in [0.15, 0.2) is 54.7 Å². The van der Waals surface area contributed by atoms with E-state index in [-0.39, 0.29) is 23.4 Å². The standard InChI is InChI=1S/C21H18FNO3/c1-12(20(24)18-11-23-19-8-3-2-7-15(18)19)26-21(25)17-10-16(17)13-5-4-6-14(22)9-13/h2-9,11-12,16-17,23H,10H2,1H3/t12-,16+,17+/m0/s1. The van der Waals surface area contributed by atoms with E-state index in [9.17, 15) is 14.0 Å². The molecule has 0 spiro atoms. The molecule has 1 aliphatic carbocycles. The number of ketones is 1. The Balaban J connectivity index is 1.43. The lowest BCUT2D eigenvalue weighted by molar-refractivity contribution is -0.148. The number of carbonyl (C=O) groups excluding carboxylic acids is 2. The fraction of sp³-hybridized carbons (Fsp3) is 0.238. The quantitative estimate of drug-likeness (QED) is 0.553. The molecule has 5 heteroatoms. The zero-order valence-corrected chi connectivity index (χ0v) is 14.2. The SMILES string of the molecule is C[C@H](OC(=O)[C@@H]1C[C@@H]1c1cccc(F)c1)C(=O)c1c[nH]c2ccccc12. The predicted molar refractivity (Wildman–Crippen MR) is 95.4 cm³/mol. The number of esters is 1. The van der Waals surface area contributed by atoms with Gasteiger partial charge in [-0.15, -0.1) is 0 Å². The van der Waals surface area contributed by atoms with Crippen molar-refractivity contribution in [3.05, 3.63) is 71.7 Å². The fourth-order valence-electron chi connectivity index (χ4n) is 3.37. The van der Waals surface area contributed by atoms with Gasteiger partial charge in [0, 0.05) is 22.7 Å². The second kappa shape index (κ2) is 6.41. The first-order chi connectivity index (χ1) is 12.5. The third-order valence-electron chi connectivity index (χ3n) is 4.89. The number of nitrogens with one attached hydrogen (secondary N) is 1. The van der Waals surface area contributed by atoms with Crippen LogP contribution in [0.1, 0.15) is 35.2 Å². The first-order valence-corrected chi connectivity index (χ1v) is 8.61. The Morgan fingerprint density at radius 1 is 1.19 bits per heavy atom. The van der Waals surface area contributed by atoms with Gasteiger partial charge in [0.1, 0.15) is 5.82 Å². The molecule has 0 amide bonds. The van der Waals surface area contributed by atoms with Crippen molar-refractivity contribution in [1.82, 2.24) is 4.98 Å². The highest BCUT2D eigenvalue weighted by molar-refractivity contribution is 6.10. The van der Waals surface area contributed by atoms with Crippen LogP contribution in [-0.4, -0.2) is 22.8 Å². The lowest BCUT2D eigenvalue weighted by atomic mass is 10.1. The zero-order valence-electron chi connectivity index (χ0n) is 14.2. The molecule has 3 aromatic rings. The molecule has 0 unspecified atom stereocenters. The largest absolute Gasteiger partial charge is 0.454 e. The average Bonchev–Trinajstić information content (AvgIpc) is 3.33. The molecule has 3 atom stereocenters. The summed E-state index contributed by atoms with van der Waals surface area (Å²) in [5.74, 6) is -1.30. The molecular formula is C21H18FNO3. The molecule has 2 aromatic carbocycles. The highest BCUT2D eigenvalue weighted by Crippen LogP contribution is 2.48. The van der Waals surface area contributed by atoms with E-state index in [1.807, 2.05) is 30.3 Å². The van der Waals surface area contributed by atoms with Gasteiger partial charge in [-0.1, -0.05) is 30.3 Å². The third-order valence-corrected chi connectivity index (χ3v) is 4.89. The van der Waals surface area contributed by atoms with E-state index in [1.165, 1.54) is 12.1 Å². The van der Waals surface area contributed by atoms with Gasteiger partial charge in [0.05, 0.1) is 5.92 Å². The van der Waals surface area contributed by atoms with Crippen LogP contribution in [-0.2, 0) is 9.53 Å². The minimum Gasteiger partial charge on any atom is -0.454 e. The van der Waals surface area contributed by atoms with E-state index in [1.54, 1.807) is 19.2 Å². The Morgan fingerprint density at radius 2 is 2.00 bits per heavy atom. The Kier molecular flexibility index (Phi) is 4.07. The minimum absolute atomic E-state index is 0.0337. The van der Waals surface area contributed by atoms with Crippen LogP contribution in [0.4, 0.5) is 4.39 Å². The monoisotopic (exact) mass is 351 g/mol. The highest BCUT2D eigenvalue weighted by Gasteiger charge is 2.46. The van der Waals surface area contributed by atoms with Crippen LogP contribution in [0.25, 0.3) is 10.9 Å². The van der Waals surface area contributed by atoms with E-state index in [2.05, 4.69) is 4.98 Å². The van der Waals surface area contributed by atoms with Crippen molar-refractivity contribution in [1.29, 1.82) is 0 Å². The van der Waals surface area contributed by atoms with E-state index in [4.69, 9.17) is 4.74 Å². The second-order valence-corrected chi connectivity index (χ2v) is 6.69. The van der Waals surface area contributed by atoms with Gasteiger partial charge in [0.25, 0.3) is 0 Å². The molecule has 1 saturated carbocycles. The molecule has 4 nitrogen and oxygen atoms in total. The maximum Gasteiger partial charge on any atom is 0.310 e. The molecule has 132 valence electrons. The van der Waals surface area contributed by atoms with Crippen molar-refractivity contribution in [2.45, 2.75) is 25.4 Å². The molecule has 0 saturated heterocycles. The number of aromatic nitrogens is 1. The van der Waals surface area contributed by atoms with Crippen molar-refractivity contribution >= 4 is 22.7 Å². The topological polar surface area (TPSA) is 59.2 Å². The van der Waals surface area contributed by atoms with Gasteiger partial charge >= 0.3 is 5.97 Å². The number of fused-ring (bicyclic) bond motifs is 1. The van der Waals surface area contributed by atoms with E-state index >= 15 is 0 Å². The molecule has 4 rings (SSSR count). The Hall–Kier alpha value is -2.95. The highest BCUT2D eigenvalue weighted by atomic mass is 19.1. The van der Waals surface area contributed by atoms with Gasteiger partial charge in [-0.2, -0.15) is 0 Å². The number of hydrogen-bond donors (Lipinski definition) is 1. The van der Waals surface area contributed by atoms with Gasteiger partial charge in [0.15, 0.2) is 6.10 Å². The zero-order chi connectivity index (χ0) is 18.3. The number of Topliss-reactive ketones (excluding diaryl/α,β-unsaturated/α-hetero) is 1. The van der Waals surface area contributed by atoms with Crippen LogP contribution in [0.5, 0.6) is 0 Å². The first kappa shape index (κ1) is 16.5. The van der Waals surface area contributed by atoms with E-state index in [0.29, 0.717) is 12.0 Å². The molecule has 1 fully saturated rings. The summed E-state index contributed by atoms with van der Waals surface area (Å²) in [7, 11) is 0. The summed E-state index contributed by atoms with van der Waals surface area (Å²) in [6.45, 7) is 1.58. The lowest BCUT2D eigenvalue weighted by Gasteiger charge is -2.12. The van der Waals surface area contributed by atoms with Crippen molar-refractivity contribution in [3.8, 4) is 0 Å². The van der Waals surface area contributed by atoms with Crippen molar-refractivity contribution in [2.75, 3.05) is 0 Å². The molecule has 0 aliphatic heterocycles. The Bertz CT molecular complexity index is 994. The summed E-state index contributed by atoms with van der Waals surface area (Å²) in [5.41, 5.74) is 2.17. The predicted octanol–water partition coefficient (Wildman–Crippen LogP) is 4.23. The van der Waals surface area contributed by atoms with Gasteiger partial charge < -0.3 is 9.72 Å². The van der Waals surface area contributed by atoms with Crippen molar-refractivity contribution < 1.29 is 18.7 Å². The van der Waals surface area contributed by atoms with Crippen LogP contribution >= 0.6 is 0 Å². The molecule has 1 heterocycles. The van der Waals surface area contributed by atoms with Crippen LogP contribution in [0.3, 0.4) is 0 Å². The van der Waals surface area contributed by atoms with Crippen LogP contribution in [0, 0.1) is 11.7 Å². The molecular weight excluding hydrogens is 333 g/mol. The second-order valence-electron chi connectivity index (χ2n) is 6.69. The fourth-order valence-corrected chi connectivity index (χ4v) is 3.37. The smallest absolute Gasteiger partial charge is 0.310 e. The van der Waals surface area contributed by atoms with Crippen LogP contribution in [0.2, 0.25) is 0 Å². The minimum atomic E-state index is -0.865. The average molecular weight is 351 g/mol. The Morgan fingerprint density at radius 3 is 2.81 bits per heavy atom. The van der Waals surface area contributed by atoms with Gasteiger partial charge in [0.2, 0.25) is 5.78 Å². The normalized spacial score (nSPS) is 19.9. The number of hydrogen-bond acceptors (Lipinski definition) is 3. The summed E-state index contributed by atoms with van der Waals surface area (Å²) in [6, 6.07) is 13.7. The number of H-pyrrole nitrogens is 1. The summed E-state index contributed by atoms with van der Waals surface area (Å²) in [6.07, 6.45) is 1.40. The summed E-state index contributed by atoms with van der Waals surface area (Å²) in [4.78, 5) is 28.0. The molecule has 1 aliphatic rings. The number of carbonyl (C=O) groups is 2. The number of para-hydroxylation sites is 1. The van der Waals surface area contributed by atoms with Gasteiger partial charge in [-0.3, -0.25) is 9.59 Å². The lowest BCUT2D eigenvalue weighted by Crippen LogP contribution is -2.25.